The minimum absolute atomic E-state index is 0.0756. The topological polar surface area (TPSA) is 50.2 Å². The van der Waals surface area contributed by atoms with Crippen molar-refractivity contribution in [2.24, 2.45) is 0 Å². The summed E-state index contributed by atoms with van der Waals surface area (Å²) >= 11 is 3.35. The molecule has 0 aromatic carbocycles. The molecule has 0 aliphatic carbocycles. The highest BCUT2D eigenvalue weighted by Crippen LogP contribution is 2.15. The molecule has 0 bridgehead atoms. The maximum Gasteiger partial charge on any atom is 0.270 e. The maximum atomic E-state index is 12.0. The second-order valence-corrected chi connectivity index (χ2v) is 4.79. The highest BCUT2D eigenvalue weighted by atomic mass is 79.9. The average Bonchev–Trinajstić information content (AvgIpc) is 2.75. The lowest BCUT2D eigenvalue weighted by Crippen LogP contribution is -2.35. The van der Waals surface area contributed by atoms with Crippen LogP contribution >= 0.6 is 15.9 Å². The first-order valence-corrected chi connectivity index (χ1v) is 7.15. The highest BCUT2D eigenvalue weighted by molar-refractivity contribution is 9.10. The monoisotopic (exact) mass is 316 g/mol. The molecule has 1 aromatic rings. The SMILES string of the molecule is CCN(CC)CCNC(=O)c1c(Br)cnn1CC. The molecule has 1 rings (SSSR count). The van der Waals surface area contributed by atoms with Crippen molar-refractivity contribution in [3.63, 3.8) is 0 Å². The zero-order chi connectivity index (χ0) is 13.5. The van der Waals surface area contributed by atoms with Crippen molar-refractivity contribution in [2.75, 3.05) is 26.2 Å². The normalized spacial score (nSPS) is 10.9. The van der Waals surface area contributed by atoms with E-state index in [-0.39, 0.29) is 5.91 Å². The number of carbonyl (C=O) groups excluding carboxylic acids is 1. The first-order chi connectivity index (χ1) is 8.63. The van der Waals surface area contributed by atoms with Gasteiger partial charge < -0.3 is 10.2 Å². The van der Waals surface area contributed by atoms with Gasteiger partial charge in [-0.05, 0) is 35.9 Å². The van der Waals surface area contributed by atoms with Crippen molar-refractivity contribution in [2.45, 2.75) is 27.3 Å². The zero-order valence-electron chi connectivity index (χ0n) is 11.2. The molecule has 18 heavy (non-hydrogen) atoms. The van der Waals surface area contributed by atoms with Crippen LogP contribution < -0.4 is 5.32 Å². The van der Waals surface area contributed by atoms with Crippen molar-refractivity contribution < 1.29 is 4.79 Å². The number of rotatable bonds is 7. The summed E-state index contributed by atoms with van der Waals surface area (Å²) in [5.41, 5.74) is 0.594. The number of likely N-dealkylation sites (N-methyl/N-ethyl adjacent to an activating group) is 1. The third kappa shape index (κ3) is 3.81. The number of nitrogens with zero attached hydrogens (tertiary/aromatic N) is 3. The fourth-order valence-corrected chi connectivity index (χ4v) is 2.26. The predicted octanol–water partition coefficient (Wildman–Crippen LogP) is 1.74. The Kier molecular flexibility index (Phi) is 6.35. The van der Waals surface area contributed by atoms with Gasteiger partial charge in [-0.2, -0.15) is 5.10 Å². The number of hydrogen-bond donors (Lipinski definition) is 1. The van der Waals surface area contributed by atoms with E-state index >= 15 is 0 Å². The van der Waals surface area contributed by atoms with Crippen molar-refractivity contribution in [3.05, 3.63) is 16.4 Å². The Morgan fingerprint density at radius 3 is 2.67 bits per heavy atom. The molecule has 0 aliphatic rings. The Bertz CT molecular complexity index is 387. The highest BCUT2D eigenvalue weighted by Gasteiger charge is 2.15. The van der Waals surface area contributed by atoms with Crippen LogP contribution in [0, 0.1) is 0 Å². The Morgan fingerprint density at radius 2 is 2.11 bits per heavy atom. The lowest BCUT2D eigenvalue weighted by atomic mass is 10.4. The molecule has 1 heterocycles. The molecular formula is C12H21BrN4O. The summed E-state index contributed by atoms with van der Waals surface area (Å²) in [5.74, 6) is -0.0756. The van der Waals surface area contributed by atoms with Gasteiger partial charge in [0.1, 0.15) is 5.69 Å². The van der Waals surface area contributed by atoms with Crippen LogP contribution in [0.5, 0.6) is 0 Å². The summed E-state index contributed by atoms with van der Waals surface area (Å²) < 4.78 is 2.43. The van der Waals surface area contributed by atoms with Gasteiger partial charge in [-0.15, -0.1) is 0 Å². The van der Waals surface area contributed by atoms with Crippen molar-refractivity contribution >= 4 is 21.8 Å². The lowest BCUT2D eigenvalue weighted by molar-refractivity contribution is 0.0937. The van der Waals surface area contributed by atoms with Crippen LogP contribution in [0.1, 0.15) is 31.3 Å². The van der Waals surface area contributed by atoms with Crippen molar-refractivity contribution in [3.8, 4) is 0 Å². The van der Waals surface area contributed by atoms with Gasteiger partial charge in [0.05, 0.1) is 10.7 Å². The largest absolute Gasteiger partial charge is 0.349 e. The minimum atomic E-state index is -0.0756. The standard InChI is InChI=1S/C12H21BrN4O/c1-4-16(5-2)8-7-14-12(18)11-10(13)9-15-17(11)6-3/h9H,4-8H2,1-3H3,(H,14,18). The second kappa shape index (κ2) is 7.53. The van der Waals surface area contributed by atoms with Gasteiger partial charge >= 0.3 is 0 Å². The van der Waals surface area contributed by atoms with E-state index in [0.29, 0.717) is 18.8 Å². The number of carbonyl (C=O) groups is 1. The molecule has 0 fully saturated rings. The van der Waals surface area contributed by atoms with Gasteiger partial charge in [-0.1, -0.05) is 13.8 Å². The first kappa shape index (κ1) is 15.2. The number of aryl methyl sites for hydroxylation is 1. The summed E-state index contributed by atoms with van der Waals surface area (Å²) in [6, 6.07) is 0. The summed E-state index contributed by atoms with van der Waals surface area (Å²) in [4.78, 5) is 14.3. The minimum Gasteiger partial charge on any atom is -0.349 e. The van der Waals surface area contributed by atoms with Crippen LogP contribution in [-0.4, -0.2) is 46.8 Å². The fourth-order valence-electron chi connectivity index (χ4n) is 1.78. The molecule has 102 valence electrons. The summed E-state index contributed by atoms with van der Waals surface area (Å²) in [6.07, 6.45) is 1.66. The zero-order valence-corrected chi connectivity index (χ0v) is 12.8. The van der Waals surface area contributed by atoms with Gasteiger partial charge in [0.15, 0.2) is 0 Å². The third-order valence-electron chi connectivity index (χ3n) is 2.92. The van der Waals surface area contributed by atoms with Gasteiger partial charge in [0.25, 0.3) is 5.91 Å². The number of amides is 1. The van der Waals surface area contributed by atoms with Crippen LogP contribution in [0.2, 0.25) is 0 Å². The van der Waals surface area contributed by atoms with Crippen LogP contribution in [0.15, 0.2) is 10.7 Å². The van der Waals surface area contributed by atoms with E-state index in [4.69, 9.17) is 0 Å². The molecule has 1 N–H and O–H groups in total. The molecule has 0 saturated carbocycles. The Balaban J connectivity index is 2.52. The molecule has 1 amide bonds. The van der Waals surface area contributed by atoms with Crippen molar-refractivity contribution in [1.82, 2.24) is 20.0 Å². The van der Waals surface area contributed by atoms with E-state index in [1.54, 1.807) is 10.9 Å². The van der Waals surface area contributed by atoms with Crippen LogP contribution in [-0.2, 0) is 6.54 Å². The van der Waals surface area contributed by atoms with Crippen LogP contribution in [0.4, 0.5) is 0 Å². The van der Waals surface area contributed by atoms with Crippen LogP contribution in [0.3, 0.4) is 0 Å². The number of hydrogen-bond acceptors (Lipinski definition) is 3. The van der Waals surface area contributed by atoms with Gasteiger partial charge in [-0.3, -0.25) is 9.48 Å². The second-order valence-electron chi connectivity index (χ2n) is 3.94. The molecular weight excluding hydrogens is 296 g/mol. The molecule has 1 aromatic heterocycles. The summed E-state index contributed by atoms with van der Waals surface area (Å²) in [6.45, 7) is 10.4. The fraction of sp³-hybridized carbons (Fsp3) is 0.667. The van der Waals surface area contributed by atoms with E-state index in [1.165, 1.54) is 0 Å². The molecule has 0 spiro atoms. The van der Waals surface area contributed by atoms with Gasteiger partial charge in [0, 0.05) is 19.6 Å². The third-order valence-corrected chi connectivity index (χ3v) is 3.50. The van der Waals surface area contributed by atoms with Gasteiger partial charge in [-0.25, -0.2) is 0 Å². The maximum absolute atomic E-state index is 12.0. The predicted molar refractivity (Wildman–Crippen MR) is 75.7 cm³/mol. The lowest BCUT2D eigenvalue weighted by Gasteiger charge is -2.18. The molecule has 0 radical (unpaired) electrons. The Morgan fingerprint density at radius 1 is 1.44 bits per heavy atom. The summed E-state index contributed by atoms with van der Waals surface area (Å²) in [5, 5.41) is 7.06. The molecule has 0 aliphatic heterocycles. The van der Waals surface area contributed by atoms with E-state index in [2.05, 4.69) is 45.1 Å². The average molecular weight is 317 g/mol. The van der Waals surface area contributed by atoms with E-state index in [1.807, 2.05) is 6.92 Å². The molecule has 6 heteroatoms. The molecule has 0 saturated heterocycles. The quantitative estimate of drug-likeness (QED) is 0.833. The van der Waals surface area contributed by atoms with Crippen LogP contribution in [0.25, 0.3) is 0 Å². The number of nitrogens with one attached hydrogen (secondary N) is 1. The Hall–Kier alpha value is -0.880. The molecule has 5 nitrogen and oxygen atoms in total. The van der Waals surface area contributed by atoms with E-state index in [0.717, 1.165) is 24.1 Å². The first-order valence-electron chi connectivity index (χ1n) is 6.35. The number of aromatic nitrogens is 2. The smallest absolute Gasteiger partial charge is 0.270 e. The van der Waals surface area contributed by atoms with E-state index in [9.17, 15) is 4.79 Å². The Labute approximate surface area is 117 Å². The summed E-state index contributed by atoms with van der Waals surface area (Å²) in [7, 11) is 0. The molecule has 0 unspecified atom stereocenters. The van der Waals surface area contributed by atoms with Gasteiger partial charge in [0.2, 0.25) is 0 Å². The molecule has 0 atom stereocenters. The number of halogens is 1. The van der Waals surface area contributed by atoms with E-state index < -0.39 is 0 Å². The van der Waals surface area contributed by atoms with Crippen molar-refractivity contribution in [1.29, 1.82) is 0 Å².